The molecular weight excluding hydrogens is 324 g/mol. The predicted octanol–water partition coefficient (Wildman–Crippen LogP) is 3.72. The van der Waals surface area contributed by atoms with Gasteiger partial charge in [-0.05, 0) is 36.4 Å². The third-order valence-electron chi connectivity index (χ3n) is 3.06. The zero-order chi connectivity index (χ0) is 17.2. The van der Waals surface area contributed by atoms with E-state index in [0.29, 0.717) is 17.9 Å². The molecule has 0 fully saturated rings. The largest absolute Gasteiger partial charge is 0.497 e. The fraction of sp³-hybridized carbons (Fsp3) is 0.222. The maximum absolute atomic E-state index is 12.1. The van der Waals surface area contributed by atoms with Crippen molar-refractivity contribution >= 4 is 23.4 Å². The van der Waals surface area contributed by atoms with Gasteiger partial charge in [0.2, 0.25) is 0 Å². The highest BCUT2D eigenvalue weighted by Gasteiger charge is 2.08. The summed E-state index contributed by atoms with van der Waals surface area (Å²) in [4.78, 5) is 13.0. The number of carbonyl (C=O) groups excluding carboxylic acids is 1. The summed E-state index contributed by atoms with van der Waals surface area (Å²) in [5.41, 5.74) is 0.726. The van der Waals surface area contributed by atoms with E-state index in [1.807, 2.05) is 24.3 Å². The molecule has 6 heteroatoms. The first-order valence-electron chi connectivity index (χ1n) is 7.38. The van der Waals surface area contributed by atoms with Gasteiger partial charge in [-0.2, -0.15) is 5.26 Å². The molecule has 24 heavy (non-hydrogen) atoms. The molecule has 2 aromatic carbocycles. The van der Waals surface area contributed by atoms with Crippen molar-refractivity contribution in [2.24, 2.45) is 0 Å². The second-order valence-electron chi connectivity index (χ2n) is 4.77. The van der Waals surface area contributed by atoms with Gasteiger partial charge in [-0.3, -0.25) is 4.79 Å². The maximum Gasteiger partial charge on any atom is 0.262 e. The van der Waals surface area contributed by atoms with Crippen molar-refractivity contribution in [1.82, 2.24) is 0 Å². The van der Waals surface area contributed by atoms with Crippen molar-refractivity contribution in [3.05, 3.63) is 48.5 Å². The standard InChI is InChI=1S/C18H18N2O3S/c1-22-14-7-9-15(10-8-14)23-13-18(21)20-16-5-2-3-6-17(16)24-12-4-11-19/h2-3,5-10H,4,12-13H2,1H3,(H,20,21). The number of anilines is 1. The van der Waals surface area contributed by atoms with Crippen LogP contribution in [0.25, 0.3) is 0 Å². The number of carbonyl (C=O) groups is 1. The van der Waals surface area contributed by atoms with Crippen LogP contribution in [0, 0.1) is 11.3 Å². The van der Waals surface area contributed by atoms with Gasteiger partial charge in [-0.15, -0.1) is 11.8 Å². The van der Waals surface area contributed by atoms with Gasteiger partial charge in [0.15, 0.2) is 6.61 Å². The summed E-state index contributed by atoms with van der Waals surface area (Å²) in [6, 6.07) is 16.7. The molecule has 0 aliphatic heterocycles. The van der Waals surface area contributed by atoms with Crippen LogP contribution >= 0.6 is 11.8 Å². The normalized spacial score (nSPS) is 9.83. The molecule has 2 aromatic rings. The lowest BCUT2D eigenvalue weighted by atomic mass is 10.3. The second-order valence-corrected chi connectivity index (χ2v) is 5.90. The molecule has 0 atom stereocenters. The van der Waals surface area contributed by atoms with E-state index in [-0.39, 0.29) is 12.5 Å². The van der Waals surface area contributed by atoms with Gasteiger partial charge < -0.3 is 14.8 Å². The Balaban J connectivity index is 1.88. The Kier molecular flexibility index (Phi) is 6.99. The Hall–Kier alpha value is -2.65. The van der Waals surface area contributed by atoms with Crippen LogP contribution in [0.5, 0.6) is 11.5 Å². The van der Waals surface area contributed by atoms with E-state index >= 15 is 0 Å². The molecule has 0 heterocycles. The number of hydrogen-bond acceptors (Lipinski definition) is 5. The summed E-state index contributed by atoms with van der Waals surface area (Å²) in [7, 11) is 1.59. The number of amides is 1. The lowest BCUT2D eigenvalue weighted by Crippen LogP contribution is -2.20. The minimum Gasteiger partial charge on any atom is -0.497 e. The number of rotatable bonds is 8. The van der Waals surface area contributed by atoms with Gasteiger partial charge in [0.25, 0.3) is 5.91 Å². The lowest BCUT2D eigenvalue weighted by Gasteiger charge is -2.11. The third kappa shape index (κ3) is 5.52. The first-order valence-corrected chi connectivity index (χ1v) is 8.37. The Bertz CT molecular complexity index is 711. The monoisotopic (exact) mass is 342 g/mol. The molecule has 0 radical (unpaired) electrons. The van der Waals surface area contributed by atoms with E-state index in [1.165, 1.54) is 0 Å². The SMILES string of the molecule is COc1ccc(OCC(=O)Nc2ccccc2SCCC#N)cc1. The van der Waals surface area contributed by atoms with E-state index in [2.05, 4.69) is 11.4 Å². The molecule has 0 saturated carbocycles. The van der Waals surface area contributed by atoms with Crippen LogP contribution in [-0.2, 0) is 4.79 Å². The molecule has 0 aliphatic carbocycles. The van der Waals surface area contributed by atoms with Crippen LogP contribution in [0.1, 0.15) is 6.42 Å². The van der Waals surface area contributed by atoms with E-state index < -0.39 is 0 Å². The molecule has 5 nitrogen and oxygen atoms in total. The minimum absolute atomic E-state index is 0.0798. The van der Waals surface area contributed by atoms with Crippen LogP contribution in [-0.4, -0.2) is 25.4 Å². The van der Waals surface area contributed by atoms with Gasteiger partial charge >= 0.3 is 0 Å². The van der Waals surface area contributed by atoms with Crippen LogP contribution < -0.4 is 14.8 Å². The molecular formula is C18H18N2O3S. The second kappa shape index (κ2) is 9.48. The summed E-state index contributed by atoms with van der Waals surface area (Å²) in [6.45, 7) is -0.0798. The molecule has 1 amide bonds. The Morgan fingerprint density at radius 2 is 1.88 bits per heavy atom. The maximum atomic E-state index is 12.1. The Labute approximate surface area is 145 Å². The molecule has 0 bridgehead atoms. The molecule has 0 saturated heterocycles. The number of hydrogen-bond donors (Lipinski definition) is 1. The highest BCUT2D eigenvalue weighted by molar-refractivity contribution is 7.99. The number of nitriles is 1. The van der Waals surface area contributed by atoms with E-state index in [9.17, 15) is 4.79 Å². The number of para-hydroxylation sites is 1. The average Bonchev–Trinajstić information content (AvgIpc) is 2.62. The van der Waals surface area contributed by atoms with Gasteiger partial charge in [0.1, 0.15) is 11.5 Å². The Morgan fingerprint density at radius 1 is 1.17 bits per heavy atom. The quantitative estimate of drug-likeness (QED) is 0.585. The third-order valence-corrected chi connectivity index (χ3v) is 4.14. The van der Waals surface area contributed by atoms with Gasteiger partial charge in [0.05, 0.1) is 18.9 Å². The molecule has 0 aliphatic rings. The van der Waals surface area contributed by atoms with Crippen molar-refractivity contribution in [1.29, 1.82) is 5.26 Å². The summed E-state index contributed by atoms with van der Waals surface area (Å²) < 4.78 is 10.5. The highest BCUT2D eigenvalue weighted by atomic mass is 32.2. The summed E-state index contributed by atoms with van der Waals surface area (Å²) >= 11 is 1.54. The molecule has 0 aromatic heterocycles. The molecule has 1 N–H and O–H groups in total. The van der Waals surface area contributed by atoms with Gasteiger partial charge in [-0.25, -0.2) is 0 Å². The average molecular weight is 342 g/mol. The van der Waals surface area contributed by atoms with Crippen molar-refractivity contribution in [2.75, 3.05) is 24.8 Å². The molecule has 124 valence electrons. The van der Waals surface area contributed by atoms with Crippen molar-refractivity contribution in [3.8, 4) is 17.6 Å². The van der Waals surface area contributed by atoms with Gasteiger partial charge in [0, 0.05) is 17.1 Å². The topological polar surface area (TPSA) is 71.3 Å². The number of methoxy groups -OCH3 is 1. The summed E-state index contributed by atoms with van der Waals surface area (Å²) in [6.07, 6.45) is 0.466. The lowest BCUT2D eigenvalue weighted by molar-refractivity contribution is -0.118. The van der Waals surface area contributed by atoms with E-state index in [1.54, 1.807) is 43.1 Å². The van der Waals surface area contributed by atoms with Crippen LogP contribution in [0.15, 0.2) is 53.4 Å². The number of ether oxygens (including phenoxy) is 2. The Morgan fingerprint density at radius 3 is 2.58 bits per heavy atom. The zero-order valence-corrected chi connectivity index (χ0v) is 14.1. The van der Waals surface area contributed by atoms with E-state index in [4.69, 9.17) is 14.7 Å². The molecule has 0 unspecified atom stereocenters. The van der Waals surface area contributed by atoms with Crippen molar-refractivity contribution < 1.29 is 14.3 Å². The smallest absolute Gasteiger partial charge is 0.262 e. The van der Waals surface area contributed by atoms with Crippen molar-refractivity contribution in [3.63, 3.8) is 0 Å². The minimum atomic E-state index is -0.237. The molecule has 2 rings (SSSR count). The number of thioether (sulfide) groups is 1. The predicted molar refractivity (Wildman–Crippen MR) is 94.5 cm³/mol. The summed E-state index contributed by atoms with van der Waals surface area (Å²) in [5.74, 6) is 1.78. The first kappa shape index (κ1) is 17.7. The fourth-order valence-electron chi connectivity index (χ4n) is 1.91. The number of nitrogens with zero attached hydrogens (tertiary/aromatic N) is 1. The highest BCUT2D eigenvalue weighted by Crippen LogP contribution is 2.27. The summed E-state index contributed by atoms with van der Waals surface area (Å²) in [5, 5.41) is 11.5. The van der Waals surface area contributed by atoms with Crippen LogP contribution in [0.3, 0.4) is 0 Å². The fourth-order valence-corrected chi connectivity index (χ4v) is 2.77. The number of nitrogens with one attached hydrogen (secondary N) is 1. The van der Waals surface area contributed by atoms with E-state index in [0.717, 1.165) is 16.3 Å². The van der Waals surface area contributed by atoms with Crippen LogP contribution in [0.2, 0.25) is 0 Å². The zero-order valence-electron chi connectivity index (χ0n) is 13.3. The number of benzene rings is 2. The van der Waals surface area contributed by atoms with Crippen molar-refractivity contribution in [2.45, 2.75) is 11.3 Å². The van der Waals surface area contributed by atoms with Gasteiger partial charge in [-0.1, -0.05) is 12.1 Å². The van der Waals surface area contributed by atoms with Crippen LogP contribution in [0.4, 0.5) is 5.69 Å². The molecule has 0 spiro atoms. The first-order chi connectivity index (χ1) is 11.7.